The number of hydrogen-bond donors (Lipinski definition) is 1. The zero-order chi connectivity index (χ0) is 20.3. The average Bonchev–Trinajstić information content (AvgIpc) is 2.59. The minimum atomic E-state index is -4.60. The molecule has 0 atom stereocenters. The Kier molecular flexibility index (Phi) is 5.83. The zero-order valence-corrected chi connectivity index (χ0v) is 14.8. The first-order chi connectivity index (χ1) is 13.2. The molecule has 1 aliphatic heterocycles. The van der Waals surface area contributed by atoms with Gasteiger partial charge in [0.25, 0.3) is 0 Å². The van der Waals surface area contributed by atoms with Crippen LogP contribution in [-0.2, 0) is 28.7 Å². The highest BCUT2D eigenvalue weighted by atomic mass is 19.4. The summed E-state index contributed by atoms with van der Waals surface area (Å²) in [5, 5.41) is 0. The quantitative estimate of drug-likeness (QED) is 0.762. The molecular weight excluding hydrogens is 380 g/mol. The van der Waals surface area contributed by atoms with Gasteiger partial charge in [-0.05, 0) is 24.6 Å². The first kappa shape index (κ1) is 20.1. The third kappa shape index (κ3) is 4.98. The molecule has 0 spiro atoms. The Morgan fingerprint density at radius 1 is 1.21 bits per heavy atom. The summed E-state index contributed by atoms with van der Waals surface area (Å²) in [6.07, 6.45) is -4.24. The number of aromatic amines is 1. The van der Waals surface area contributed by atoms with E-state index in [1.165, 1.54) is 6.07 Å². The molecule has 1 aliphatic rings. The van der Waals surface area contributed by atoms with Crippen LogP contribution < -0.4 is 5.56 Å². The zero-order valence-electron chi connectivity index (χ0n) is 14.8. The Labute approximate surface area is 157 Å². The van der Waals surface area contributed by atoms with E-state index in [4.69, 9.17) is 4.74 Å². The van der Waals surface area contributed by atoms with Crippen LogP contribution >= 0.6 is 0 Å². The van der Waals surface area contributed by atoms with Crippen LogP contribution in [0.1, 0.15) is 23.2 Å². The Hall–Kier alpha value is -2.68. The van der Waals surface area contributed by atoms with E-state index in [2.05, 4.69) is 4.98 Å². The van der Waals surface area contributed by atoms with Crippen molar-refractivity contribution in [3.8, 4) is 0 Å². The summed E-state index contributed by atoms with van der Waals surface area (Å²) in [6.45, 7) is 0.515. The van der Waals surface area contributed by atoms with Crippen molar-refractivity contribution in [3.05, 3.63) is 69.4 Å². The van der Waals surface area contributed by atoms with Gasteiger partial charge in [-0.3, -0.25) is 9.59 Å². The third-order valence-corrected chi connectivity index (χ3v) is 4.49. The van der Waals surface area contributed by atoms with Crippen LogP contribution in [0.5, 0.6) is 0 Å². The number of benzene rings is 1. The van der Waals surface area contributed by atoms with E-state index >= 15 is 0 Å². The van der Waals surface area contributed by atoms with Crippen molar-refractivity contribution in [2.24, 2.45) is 0 Å². The Bertz CT molecular complexity index is 905. The van der Waals surface area contributed by atoms with Crippen molar-refractivity contribution in [2.75, 3.05) is 13.1 Å². The maximum atomic E-state index is 13.8. The van der Waals surface area contributed by atoms with Gasteiger partial charge in [-0.2, -0.15) is 13.2 Å². The van der Waals surface area contributed by atoms with Crippen LogP contribution in [0.2, 0.25) is 0 Å². The molecule has 3 rings (SSSR count). The molecule has 1 aromatic heterocycles. The van der Waals surface area contributed by atoms with E-state index in [0.29, 0.717) is 31.3 Å². The number of H-pyrrole nitrogens is 1. The van der Waals surface area contributed by atoms with Crippen LogP contribution in [0.15, 0.2) is 41.2 Å². The lowest BCUT2D eigenvalue weighted by Crippen LogP contribution is -2.54. The standard InChI is InChI=1S/C19H18F4N2O3/c20-16-8-13(19(21,22)23)5-4-12(16)11-28-15-9-25(10-15)18(27)7-6-14-2-1-3-17(26)24-14/h1-5,8,15H,6-7,9-11H2,(H,24,26). The summed E-state index contributed by atoms with van der Waals surface area (Å²) in [5.74, 6) is -1.07. The van der Waals surface area contributed by atoms with Gasteiger partial charge in [0.15, 0.2) is 0 Å². The number of aromatic nitrogens is 1. The number of carbonyl (C=O) groups excluding carboxylic acids is 1. The topological polar surface area (TPSA) is 62.4 Å². The monoisotopic (exact) mass is 398 g/mol. The minimum Gasteiger partial charge on any atom is -0.370 e. The second-order valence-electron chi connectivity index (χ2n) is 6.58. The van der Waals surface area contributed by atoms with Gasteiger partial charge in [0.2, 0.25) is 11.5 Å². The molecule has 0 radical (unpaired) electrons. The van der Waals surface area contributed by atoms with Crippen LogP contribution in [0.4, 0.5) is 17.6 Å². The van der Waals surface area contributed by atoms with Gasteiger partial charge in [0.05, 0.1) is 18.3 Å². The predicted molar refractivity (Wildman–Crippen MR) is 91.9 cm³/mol. The number of nitrogens with one attached hydrogen (secondary N) is 1. The number of halogens is 4. The number of alkyl halides is 3. The minimum absolute atomic E-state index is 0.0332. The number of rotatable bonds is 6. The van der Waals surface area contributed by atoms with Gasteiger partial charge in [-0.1, -0.05) is 12.1 Å². The second-order valence-corrected chi connectivity index (χ2v) is 6.58. The highest BCUT2D eigenvalue weighted by Crippen LogP contribution is 2.30. The molecule has 2 aromatic rings. The Morgan fingerprint density at radius 2 is 1.96 bits per heavy atom. The van der Waals surface area contributed by atoms with Crippen molar-refractivity contribution in [1.82, 2.24) is 9.88 Å². The van der Waals surface area contributed by atoms with Crippen LogP contribution in [0.3, 0.4) is 0 Å². The summed E-state index contributed by atoms with van der Waals surface area (Å²) < 4.78 is 56.8. The molecule has 0 aliphatic carbocycles. The van der Waals surface area contributed by atoms with Crippen LogP contribution in [0.25, 0.3) is 0 Å². The summed E-state index contributed by atoms with van der Waals surface area (Å²) in [6, 6.07) is 7.06. The molecule has 0 unspecified atom stereocenters. The first-order valence-corrected chi connectivity index (χ1v) is 8.65. The van der Waals surface area contributed by atoms with Gasteiger partial charge in [0, 0.05) is 36.8 Å². The number of amides is 1. The lowest BCUT2D eigenvalue weighted by Gasteiger charge is -2.39. The molecule has 0 bridgehead atoms. The molecule has 28 heavy (non-hydrogen) atoms. The normalized spacial score (nSPS) is 14.8. The van der Waals surface area contributed by atoms with Crippen molar-refractivity contribution in [1.29, 1.82) is 0 Å². The number of aryl methyl sites for hydroxylation is 1. The van der Waals surface area contributed by atoms with Crippen LogP contribution in [0, 0.1) is 5.82 Å². The highest BCUT2D eigenvalue weighted by Gasteiger charge is 2.32. The number of likely N-dealkylation sites (tertiary alicyclic amines) is 1. The molecule has 1 fully saturated rings. The fourth-order valence-corrected chi connectivity index (χ4v) is 2.83. The number of carbonyl (C=O) groups is 1. The molecule has 150 valence electrons. The molecule has 1 aromatic carbocycles. The molecular formula is C19H18F4N2O3. The fraction of sp³-hybridized carbons (Fsp3) is 0.368. The SMILES string of the molecule is O=C(CCc1cccc(=O)[nH]1)N1CC(OCc2ccc(C(F)(F)F)cc2F)C1. The molecule has 2 heterocycles. The summed E-state index contributed by atoms with van der Waals surface area (Å²) in [7, 11) is 0. The van der Waals surface area contributed by atoms with E-state index in [9.17, 15) is 27.2 Å². The fourth-order valence-electron chi connectivity index (χ4n) is 2.83. The third-order valence-electron chi connectivity index (χ3n) is 4.49. The lowest BCUT2D eigenvalue weighted by molar-refractivity contribution is -0.145. The average molecular weight is 398 g/mol. The van der Waals surface area contributed by atoms with Gasteiger partial charge in [-0.15, -0.1) is 0 Å². The number of pyridine rings is 1. The summed E-state index contributed by atoms with van der Waals surface area (Å²) in [5.41, 5.74) is -0.565. The summed E-state index contributed by atoms with van der Waals surface area (Å²) in [4.78, 5) is 27.5. The maximum Gasteiger partial charge on any atom is 0.416 e. The molecule has 1 N–H and O–H groups in total. The summed E-state index contributed by atoms with van der Waals surface area (Å²) >= 11 is 0. The lowest BCUT2D eigenvalue weighted by atomic mass is 10.1. The molecule has 9 heteroatoms. The predicted octanol–water partition coefficient (Wildman–Crippen LogP) is 2.89. The molecule has 1 amide bonds. The van der Waals surface area contributed by atoms with E-state index in [-0.39, 0.29) is 36.2 Å². The second kappa shape index (κ2) is 8.14. The van der Waals surface area contributed by atoms with Crippen LogP contribution in [-0.4, -0.2) is 35.0 Å². The van der Waals surface area contributed by atoms with E-state index < -0.39 is 17.6 Å². The molecule has 0 saturated carbocycles. The van der Waals surface area contributed by atoms with Crippen molar-refractivity contribution in [2.45, 2.75) is 31.7 Å². The highest BCUT2D eigenvalue weighted by molar-refractivity contribution is 5.77. The molecule has 1 saturated heterocycles. The van der Waals surface area contributed by atoms with Gasteiger partial charge in [-0.25, -0.2) is 4.39 Å². The Balaban J connectivity index is 1.42. The van der Waals surface area contributed by atoms with Gasteiger partial charge in [0.1, 0.15) is 5.82 Å². The first-order valence-electron chi connectivity index (χ1n) is 8.65. The largest absolute Gasteiger partial charge is 0.416 e. The van der Waals surface area contributed by atoms with Gasteiger partial charge < -0.3 is 14.6 Å². The number of ether oxygens (including phenoxy) is 1. The van der Waals surface area contributed by atoms with Crippen molar-refractivity contribution < 1.29 is 27.1 Å². The van der Waals surface area contributed by atoms with Crippen molar-refractivity contribution in [3.63, 3.8) is 0 Å². The Morgan fingerprint density at radius 3 is 2.61 bits per heavy atom. The molecule has 5 nitrogen and oxygen atoms in total. The van der Waals surface area contributed by atoms with Gasteiger partial charge >= 0.3 is 6.18 Å². The number of hydrogen-bond acceptors (Lipinski definition) is 3. The van der Waals surface area contributed by atoms with E-state index in [1.807, 2.05) is 0 Å². The smallest absolute Gasteiger partial charge is 0.370 e. The number of nitrogens with zero attached hydrogens (tertiary/aromatic N) is 1. The maximum absolute atomic E-state index is 13.8. The van der Waals surface area contributed by atoms with E-state index in [0.717, 1.165) is 12.1 Å². The van der Waals surface area contributed by atoms with E-state index in [1.54, 1.807) is 17.0 Å². The van der Waals surface area contributed by atoms with Crippen molar-refractivity contribution >= 4 is 5.91 Å².